The summed E-state index contributed by atoms with van der Waals surface area (Å²) in [6, 6.07) is 6.44. The fourth-order valence-electron chi connectivity index (χ4n) is 1.56. The lowest BCUT2D eigenvalue weighted by Crippen LogP contribution is -1.94. The molecule has 15 heavy (non-hydrogen) atoms. The van der Waals surface area contributed by atoms with Crippen molar-refractivity contribution in [2.45, 2.75) is 19.2 Å². The number of nitrogens with zero attached hydrogens (tertiary/aromatic N) is 2. The summed E-state index contributed by atoms with van der Waals surface area (Å²) >= 11 is 3.40. The van der Waals surface area contributed by atoms with Gasteiger partial charge in [-0.2, -0.15) is 0 Å². The van der Waals surface area contributed by atoms with Crippen molar-refractivity contribution in [1.29, 1.82) is 0 Å². The smallest absolute Gasteiger partial charge is 0.0995 e. The first-order chi connectivity index (χ1) is 7.20. The van der Waals surface area contributed by atoms with E-state index in [9.17, 15) is 0 Å². The van der Waals surface area contributed by atoms with Crippen molar-refractivity contribution in [2.24, 2.45) is 0 Å². The third-order valence-corrected chi connectivity index (χ3v) is 2.99. The second-order valence-electron chi connectivity index (χ2n) is 3.70. The van der Waals surface area contributed by atoms with E-state index in [4.69, 9.17) is 0 Å². The first-order valence-electron chi connectivity index (χ1n) is 4.87. The lowest BCUT2D eigenvalue weighted by molar-refractivity contribution is 1.04. The average molecular weight is 265 g/mol. The molecule has 0 aliphatic carbocycles. The van der Waals surface area contributed by atoms with Crippen molar-refractivity contribution < 1.29 is 0 Å². The Balaban J connectivity index is 2.48. The Kier molecular flexibility index (Phi) is 2.91. The van der Waals surface area contributed by atoms with Crippen molar-refractivity contribution in [3.8, 4) is 5.69 Å². The number of rotatable bonds is 2. The van der Waals surface area contributed by atoms with E-state index in [0.717, 1.165) is 11.0 Å². The summed E-state index contributed by atoms with van der Waals surface area (Å²) in [6.07, 6.45) is 3.91. The fourth-order valence-corrected chi connectivity index (χ4v) is 1.85. The van der Waals surface area contributed by atoms with Crippen LogP contribution >= 0.6 is 15.9 Å². The van der Waals surface area contributed by atoms with Gasteiger partial charge in [0.1, 0.15) is 0 Å². The molecule has 0 N–H and O–H groups in total. The zero-order valence-corrected chi connectivity index (χ0v) is 10.5. The van der Waals surface area contributed by atoms with Crippen LogP contribution in [-0.2, 0) is 5.33 Å². The third-order valence-electron chi connectivity index (χ3n) is 2.42. The minimum atomic E-state index is 0.796. The second-order valence-corrected chi connectivity index (χ2v) is 4.26. The van der Waals surface area contributed by atoms with Gasteiger partial charge in [-0.15, -0.1) is 0 Å². The van der Waals surface area contributed by atoms with E-state index in [0.29, 0.717) is 0 Å². The molecule has 0 saturated heterocycles. The van der Waals surface area contributed by atoms with Gasteiger partial charge in [-0.1, -0.05) is 28.1 Å². The average Bonchev–Trinajstić information content (AvgIpc) is 2.70. The van der Waals surface area contributed by atoms with Crippen molar-refractivity contribution in [1.82, 2.24) is 9.55 Å². The highest BCUT2D eigenvalue weighted by Gasteiger charge is 2.02. The molecule has 2 rings (SSSR count). The largest absolute Gasteiger partial charge is 0.306 e. The Labute approximate surface area is 98.1 Å². The summed E-state index contributed by atoms with van der Waals surface area (Å²) < 4.78 is 2.07. The maximum Gasteiger partial charge on any atom is 0.0995 e. The fraction of sp³-hybridized carbons (Fsp3) is 0.250. The molecule has 0 unspecified atom stereocenters. The number of aryl methyl sites for hydroxylation is 2. The minimum Gasteiger partial charge on any atom is -0.306 e. The van der Waals surface area contributed by atoms with Gasteiger partial charge in [0.2, 0.25) is 0 Å². The van der Waals surface area contributed by atoms with E-state index < -0.39 is 0 Å². The molecule has 0 spiro atoms. The molecule has 0 fully saturated rings. The summed E-state index contributed by atoms with van der Waals surface area (Å²) in [5.41, 5.74) is 4.79. The van der Waals surface area contributed by atoms with E-state index in [1.54, 1.807) is 0 Å². The molecule has 0 saturated carbocycles. The molecule has 0 radical (unpaired) electrons. The van der Waals surface area contributed by atoms with Crippen LogP contribution in [-0.4, -0.2) is 9.55 Å². The number of imidazole rings is 1. The molecule has 0 aliphatic heterocycles. The highest BCUT2D eigenvalue weighted by Crippen LogP contribution is 2.16. The van der Waals surface area contributed by atoms with Crippen molar-refractivity contribution in [3.63, 3.8) is 0 Å². The van der Waals surface area contributed by atoms with Crippen molar-refractivity contribution >= 4 is 15.9 Å². The van der Waals surface area contributed by atoms with Gasteiger partial charge in [0.25, 0.3) is 0 Å². The Bertz CT molecular complexity index is 474. The summed E-state index contributed by atoms with van der Waals surface area (Å²) in [7, 11) is 0. The van der Waals surface area contributed by atoms with Crippen LogP contribution in [0, 0.1) is 13.8 Å². The molecular weight excluding hydrogens is 252 g/mol. The van der Waals surface area contributed by atoms with Crippen LogP contribution in [0.4, 0.5) is 0 Å². The number of halogens is 1. The molecule has 2 nitrogen and oxygen atoms in total. The first-order valence-corrected chi connectivity index (χ1v) is 5.99. The summed E-state index contributed by atoms with van der Waals surface area (Å²) in [5.74, 6) is 0. The topological polar surface area (TPSA) is 17.8 Å². The van der Waals surface area contributed by atoms with E-state index in [1.807, 2.05) is 6.33 Å². The zero-order chi connectivity index (χ0) is 10.8. The molecule has 0 bridgehead atoms. The standard InChI is InChI=1S/C12H13BrN2/c1-9-3-4-10(2)12(5-9)15-7-11(6-13)14-8-15/h3-5,7-8H,6H2,1-2H3. The Morgan fingerprint density at radius 2 is 2.13 bits per heavy atom. The van der Waals surface area contributed by atoms with Gasteiger partial charge < -0.3 is 4.57 Å². The maximum absolute atomic E-state index is 4.30. The molecule has 1 aromatic heterocycles. The molecule has 2 aromatic rings. The van der Waals surface area contributed by atoms with Crippen LogP contribution in [0.1, 0.15) is 16.8 Å². The highest BCUT2D eigenvalue weighted by atomic mass is 79.9. The Hall–Kier alpha value is -1.09. The lowest BCUT2D eigenvalue weighted by atomic mass is 10.1. The normalized spacial score (nSPS) is 10.6. The van der Waals surface area contributed by atoms with E-state index in [-0.39, 0.29) is 0 Å². The summed E-state index contributed by atoms with van der Waals surface area (Å²) in [6.45, 7) is 4.22. The Morgan fingerprint density at radius 3 is 2.80 bits per heavy atom. The first kappa shape index (κ1) is 10.4. The molecule has 0 atom stereocenters. The monoisotopic (exact) mass is 264 g/mol. The predicted octanol–water partition coefficient (Wildman–Crippen LogP) is 3.38. The number of alkyl halides is 1. The molecule has 0 aliphatic rings. The van der Waals surface area contributed by atoms with Crippen LogP contribution in [0.15, 0.2) is 30.7 Å². The van der Waals surface area contributed by atoms with E-state index in [1.165, 1.54) is 16.8 Å². The van der Waals surface area contributed by atoms with Gasteiger partial charge in [0, 0.05) is 17.2 Å². The van der Waals surface area contributed by atoms with E-state index in [2.05, 4.69) is 63.7 Å². The third kappa shape index (κ3) is 2.12. The van der Waals surface area contributed by atoms with Crippen LogP contribution in [0.5, 0.6) is 0 Å². The van der Waals surface area contributed by atoms with Crippen molar-refractivity contribution in [2.75, 3.05) is 0 Å². The van der Waals surface area contributed by atoms with Crippen LogP contribution in [0.2, 0.25) is 0 Å². The molecule has 0 amide bonds. The molecule has 78 valence electrons. The number of benzene rings is 1. The minimum absolute atomic E-state index is 0.796. The van der Waals surface area contributed by atoms with E-state index >= 15 is 0 Å². The zero-order valence-electron chi connectivity index (χ0n) is 8.87. The predicted molar refractivity (Wildman–Crippen MR) is 65.7 cm³/mol. The highest BCUT2D eigenvalue weighted by molar-refractivity contribution is 9.08. The van der Waals surface area contributed by atoms with Gasteiger partial charge in [-0.05, 0) is 31.0 Å². The SMILES string of the molecule is Cc1ccc(C)c(-n2cnc(CBr)c2)c1. The van der Waals surface area contributed by atoms with Crippen LogP contribution in [0.3, 0.4) is 0 Å². The van der Waals surface area contributed by atoms with Gasteiger partial charge in [0.15, 0.2) is 0 Å². The van der Waals surface area contributed by atoms with Crippen LogP contribution in [0.25, 0.3) is 5.69 Å². The molecule has 1 heterocycles. The number of hydrogen-bond acceptors (Lipinski definition) is 1. The lowest BCUT2D eigenvalue weighted by Gasteiger charge is -2.07. The quantitative estimate of drug-likeness (QED) is 0.761. The van der Waals surface area contributed by atoms with Gasteiger partial charge >= 0.3 is 0 Å². The number of hydrogen-bond donors (Lipinski definition) is 0. The maximum atomic E-state index is 4.30. The van der Waals surface area contributed by atoms with Gasteiger partial charge in [-0.3, -0.25) is 0 Å². The molecule has 1 aromatic carbocycles. The van der Waals surface area contributed by atoms with Crippen molar-refractivity contribution in [3.05, 3.63) is 47.5 Å². The van der Waals surface area contributed by atoms with Gasteiger partial charge in [-0.25, -0.2) is 4.98 Å². The molecular formula is C12H13BrN2. The number of aromatic nitrogens is 2. The summed E-state index contributed by atoms with van der Waals surface area (Å²) in [4.78, 5) is 4.30. The summed E-state index contributed by atoms with van der Waals surface area (Å²) in [5, 5.41) is 0.796. The molecule has 3 heteroatoms. The second kappa shape index (κ2) is 4.19. The van der Waals surface area contributed by atoms with Crippen LogP contribution < -0.4 is 0 Å². The Morgan fingerprint density at radius 1 is 1.33 bits per heavy atom. The van der Waals surface area contributed by atoms with Gasteiger partial charge in [0.05, 0.1) is 12.0 Å².